The number of aromatic nitrogens is 1. The Morgan fingerprint density at radius 3 is 2.17 bits per heavy atom. The number of hydrogen-bond acceptors (Lipinski definition) is 5. The summed E-state index contributed by atoms with van der Waals surface area (Å²) in [5, 5.41) is 22.9. The highest BCUT2D eigenvalue weighted by Crippen LogP contribution is 2.41. The second-order valence-electron chi connectivity index (χ2n) is 10.1. The molecule has 0 aliphatic carbocycles. The molecular formula is C31H32N4O6. The van der Waals surface area contributed by atoms with Crippen LogP contribution in [0, 0.1) is 5.92 Å². The van der Waals surface area contributed by atoms with Gasteiger partial charge >= 0.3 is 5.97 Å². The number of hydrogen-bond donors (Lipinski definition) is 5. The lowest BCUT2D eigenvalue weighted by molar-refractivity contribution is -0.137. The fourth-order valence-electron chi connectivity index (χ4n) is 5.17. The van der Waals surface area contributed by atoms with E-state index in [1.807, 2.05) is 18.2 Å². The molecule has 0 aliphatic heterocycles. The Bertz CT molecular complexity index is 1530. The van der Waals surface area contributed by atoms with Gasteiger partial charge in [0, 0.05) is 23.0 Å². The van der Waals surface area contributed by atoms with E-state index in [-0.39, 0.29) is 17.9 Å². The number of nitrogens with two attached hydrogens (primary N) is 1. The highest BCUT2D eigenvalue weighted by atomic mass is 16.4. The molecule has 10 nitrogen and oxygen atoms in total. The lowest BCUT2D eigenvalue weighted by Gasteiger charge is -2.46. The Kier molecular flexibility index (Phi) is 8.42. The first-order chi connectivity index (χ1) is 19.5. The topological polar surface area (TPSA) is 166 Å². The van der Waals surface area contributed by atoms with Crippen molar-refractivity contribution in [3.63, 3.8) is 0 Å². The zero-order valence-corrected chi connectivity index (χ0v) is 22.7. The van der Waals surface area contributed by atoms with E-state index in [0.717, 1.165) is 10.9 Å². The molecule has 0 bridgehead atoms. The van der Waals surface area contributed by atoms with Gasteiger partial charge in [-0.3, -0.25) is 24.1 Å². The van der Waals surface area contributed by atoms with Crippen molar-refractivity contribution in [1.82, 2.24) is 10.3 Å². The van der Waals surface area contributed by atoms with Gasteiger partial charge in [-0.05, 0) is 54.3 Å². The van der Waals surface area contributed by atoms with Gasteiger partial charge in [-0.25, -0.2) is 0 Å². The Morgan fingerprint density at radius 2 is 1.59 bits per heavy atom. The third kappa shape index (κ3) is 5.76. The fourth-order valence-corrected chi connectivity index (χ4v) is 5.17. The number of phenols is 1. The van der Waals surface area contributed by atoms with Crippen LogP contribution in [0.5, 0.6) is 5.75 Å². The summed E-state index contributed by atoms with van der Waals surface area (Å²) < 4.78 is 0. The minimum Gasteiger partial charge on any atom is -0.508 e. The molecule has 0 aliphatic rings. The van der Waals surface area contributed by atoms with Crippen molar-refractivity contribution in [3.05, 3.63) is 96.2 Å². The van der Waals surface area contributed by atoms with Crippen LogP contribution in [0.4, 0.5) is 5.69 Å². The van der Waals surface area contributed by atoms with Crippen molar-refractivity contribution in [2.24, 2.45) is 11.7 Å². The number of benzene rings is 3. The predicted molar refractivity (Wildman–Crippen MR) is 154 cm³/mol. The molecule has 3 aromatic carbocycles. The van der Waals surface area contributed by atoms with E-state index in [0.29, 0.717) is 11.3 Å². The maximum absolute atomic E-state index is 14.5. The van der Waals surface area contributed by atoms with E-state index in [9.17, 15) is 29.4 Å². The SMILES string of the molecule is CC(C)C(C(N)=O)(c1ccc(O)cc1)N(C(=O)C(CCC(=O)O)NC(=O)c1cc2ccccc2[nH]1)c1ccccc1. The maximum Gasteiger partial charge on any atom is 0.303 e. The number of aromatic hydroxyl groups is 1. The van der Waals surface area contributed by atoms with Crippen LogP contribution < -0.4 is 16.0 Å². The van der Waals surface area contributed by atoms with Gasteiger partial charge in [0.15, 0.2) is 5.54 Å². The number of carboxylic acid groups (broad SMARTS) is 1. The third-order valence-corrected chi connectivity index (χ3v) is 7.13. The first kappa shape index (κ1) is 28.9. The van der Waals surface area contributed by atoms with Crippen molar-refractivity contribution in [3.8, 4) is 5.75 Å². The Hall–Kier alpha value is -5.12. The van der Waals surface area contributed by atoms with Gasteiger partial charge in [-0.2, -0.15) is 0 Å². The van der Waals surface area contributed by atoms with Crippen LogP contribution in [-0.2, 0) is 19.9 Å². The number of carbonyl (C=O) groups excluding carboxylic acids is 3. The molecule has 0 radical (unpaired) electrons. The van der Waals surface area contributed by atoms with Crippen LogP contribution in [0.1, 0.15) is 42.7 Å². The van der Waals surface area contributed by atoms with E-state index < -0.39 is 47.6 Å². The third-order valence-electron chi connectivity index (χ3n) is 7.13. The van der Waals surface area contributed by atoms with E-state index in [1.54, 1.807) is 56.3 Å². The average Bonchev–Trinajstić information content (AvgIpc) is 3.39. The Morgan fingerprint density at radius 1 is 0.951 bits per heavy atom. The summed E-state index contributed by atoms with van der Waals surface area (Å²) in [6.07, 6.45) is -0.664. The van der Waals surface area contributed by atoms with Crippen molar-refractivity contribution >= 4 is 40.3 Å². The van der Waals surface area contributed by atoms with Crippen molar-refractivity contribution in [1.29, 1.82) is 0 Å². The minimum absolute atomic E-state index is 0.0432. The first-order valence-corrected chi connectivity index (χ1v) is 13.1. The molecule has 1 aromatic heterocycles. The van der Waals surface area contributed by atoms with Gasteiger partial charge in [0.1, 0.15) is 17.5 Å². The van der Waals surface area contributed by atoms with E-state index >= 15 is 0 Å². The van der Waals surface area contributed by atoms with Gasteiger partial charge in [0.05, 0.1) is 0 Å². The standard InChI is InChI=1S/C31H32N4O6/c1-19(2)31(30(32)41,21-12-14-23(36)15-13-21)35(22-9-4-3-5-10-22)29(40)25(16-17-27(37)38)34-28(39)26-18-20-8-6-7-11-24(20)33-26/h3-15,18-19,25,33,36H,16-17H2,1-2H3,(H2,32,41)(H,34,39)(H,37,38). The van der Waals surface area contributed by atoms with Crippen LogP contribution in [0.3, 0.4) is 0 Å². The fraction of sp³-hybridized carbons (Fsp3) is 0.226. The molecule has 0 spiro atoms. The number of aliphatic carboxylic acids is 1. The van der Waals surface area contributed by atoms with Crippen LogP contribution in [0.25, 0.3) is 10.9 Å². The molecule has 4 aromatic rings. The Labute approximate surface area is 236 Å². The lowest BCUT2D eigenvalue weighted by atomic mass is 9.76. The van der Waals surface area contributed by atoms with Gasteiger partial charge in [0.2, 0.25) is 5.91 Å². The molecule has 212 valence electrons. The number of aromatic amines is 1. The number of primary amides is 1. The quantitative estimate of drug-likeness (QED) is 0.188. The molecule has 41 heavy (non-hydrogen) atoms. The molecule has 1 heterocycles. The number of nitrogens with one attached hydrogen (secondary N) is 2. The molecular weight excluding hydrogens is 524 g/mol. The number of rotatable bonds is 11. The van der Waals surface area contributed by atoms with Crippen molar-refractivity contribution in [2.75, 3.05) is 4.90 Å². The monoisotopic (exact) mass is 556 g/mol. The van der Waals surface area contributed by atoms with Crippen LogP contribution >= 0.6 is 0 Å². The van der Waals surface area contributed by atoms with Gasteiger partial charge in [-0.1, -0.05) is 62.4 Å². The number of nitrogens with zero attached hydrogens (tertiary/aromatic N) is 1. The number of H-pyrrole nitrogens is 1. The molecule has 0 saturated heterocycles. The number of anilines is 1. The predicted octanol–water partition coefficient (Wildman–Crippen LogP) is 3.91. The summed E-state index contributed by atoms with van der Waals surface area (Å²) >= 11 is 0. The minimum atomic E-state index is -1.76. The highest BCUT2D eigenvalue weighted by Gasteiger charge is 2.51. The van der Waals surface area contributed by atoms with Crippen molar-refractivity contribution < 1.29 is 29.4 Å². The lowest BCUT2D eigenvalue weighted by Crippen LogP contribution is -2.64. The summed E-state index contributed by atoms with van der Waals surface area (Å²) in [5.41, 5.74) is 5.90. The summed E-state index contributed by atoms with van der Waals surface area (Å²) in [5.74, 6) is -3.96. The zero-order valence-electron chi connectivity index (χ0n) is 22.7. The molecule has 0 saturated carbocycles. The molecule has 2 unspecified atom stereocenters. The first-order valence-electron chi connectivity index (χ1n) is 13.1. The maximum atomic E-state index is 14.5. The largest absolute Gasteiger partial charge is 0.508 e. The summed E-state index contributed by atoms with van der Waals surface area (Å²) in [4.78, 5) is 57.2. The second-order valence-corrected chi connectivity index (χ2v) is 10.1. The number of carbonyl (C=O) groups is 4. The number of para-hydroxylation sites is 2. The number of carboxylic acids is 1. The molecule has 4 rings (SSSR count). The average molecular weight is 557 g/mol. The number of amides is 3. The molecule has 10 heteroatoms. The molecule has 2 atom stereocenters. The van der Waals surface area contributed by atoms with Crippen molar-refractivity contribution in [2.45, 2.75) is 38.3 Å². The molecule has 6 N–H and O–H groups in total. The molecule has 3 amide bonds. The van der Waals surface area contributed by atoms with Crippen LogP contribution in [-0.4, -0.2) is 44.9 Å². The van der Waals surface area contributed by atoms with E-state index in [2.05, 4.69) is 10.3 Å². The van der Waals surface area contributed by atoms with E-state index in [4.69, 9.17) is 5.73 Å². The van der Waals surface area contributed by atoms with Gasteiger partial charge in [0.25, 0.3) is 11.8 Å². The number of phenolic OH excluding ortho intramolecular Hbond substituents is 1. The van der Waals surface area contributed by atoms with E-state index in [1.165, 1.54) is 29.2 Å². The normalized spacial score (nSPS) is 13.3. The van der Waals surface area contributed by atoms with Gasteiger partial charge < -0.3 is 26.2 Å². The number of fused-ring (bicyclic) bond motifs is 1. The smallest absolute Gasteiger partial charge is 0.303 e. The molecule has 0 fully saturated rings. The summed E-state index contributed by atoms with van der Waals surface area (Å²) in [7, 11) is 0. The zero-order chi connectivity index (χ0) is 29.7. The highest BCUT2D eigenvalue weighted by molar-refractivity contribution is 6.08. The van der Waals surface area contributed by atoms with Gasteiger partial charge in [-0.15, -0.1) is 0 Å². The Balaban J connectivity index is 1.85. The summed E-state index contributed by atoms with van der Waals surface area (Å²) in [6, 6.07) is 21.8. The second kappa shape index (κ2) is 12.0. The summed E-state index contributed by atoms with van der Waals surface area (Å²) in [6.45, 7) is 3.46. The van der Waals surface area contributed by atoms with Crippen LogP contribution in [0.15, 0.2) is 84.9 Å². The van der Waals surface area contributed by atoms with Crippen LogP contribution in [0.2, 0.25) is 0 Å².